The standard InChI is InChI=1S/C26H23Cl2N5O2S2/c1-16-14-18(9-10-20(16)31-37(2,34)35)33-25(24(30-26(33)36)21-6-3-4-12-29-21)23-7-5-13-32(23)22-11-8-17(27)15-19(22)28/h3-15,24-25,31H,1-2H3,(H,30,36)/t24-,25+/m0/s1. The van der Waals surface area contributed by atoms with Crippen LogP contribution in [0.3, 0.4) is 0 Å². The van der Waals surface area contributed by atoms with Gasteiger partial charge in [-0.05, 0) is 85.4 Å². The SMILES string of the molecule is Cc1cc(N2C(=S)N[C@@H](c3ccccn3)[C@H]2c2cccn2-c2ccc(Cl)cc2Cl)ccc1NS(C)(=O)=O. The molecule has 0 aliphatic carbocycles. The van der Waals surface area contributed by atoms with Crippen molar-refractivity contribution in [1.82, 2.24) is 14.9 Å². The van der Waals surface area contributed by atoms with Crippen LogP contribution in [0.15, 0.2) is 79.1 Å². The third kappa shape index (κ3) is 5.17. The molecule has 2 N–H and O–H groups in total. The van der Waals surface area contributed by atoms with Crippen molar-refractivity contribution in [2.24, 2.45) is 0 Å². The monoisotopic (exact) mass is 571 g/mol. The summed E-state index contributed by atoms with van der Waals surface area (Å²) in [6, 6.07) is 20.1. The van der Waals surface area contributed by atoms with E-state index in [9.17, 15) is 8.42 Å². The molecule has 2 aromatic heterocycles. The summed E-state index contributed by atoms with van der Waals surface area (Å²) in [4.78, 5) is 6.64. The van der Waals surface area contributed by atoms with Gasteiger partial charge in [-0.3, -0.25) is 9.71 Å². The predicted molar refractivity (Wildman–Crippen MR) is 153 cm³/mol. The molecule has 0 amide bonds. The van der Waals surface area contributed by atoms with Gasteiger partial charge in [-0.25, -0.2) is 8.42 Å². The van der Waals surface area contributed by atoms with Crippen molar-refractivity contribution in [2.75, 3.05) is 15.9 Å². The van der Waals surface area contributed by atoms with Gasteiger partial charge in [-0.2, -0.15) is 0 Å². The minimum Gasteiger partial charge on any atom is -0.351 e. The first-order valence-electron chi connectivity index (χ1n) is 11.3. The van der Waals surface area contributed by atoms with Crippen LogP contribution in [0.1, 0.15) is 29.0 Å². The largest absolute Gasteiger partial charge is 0.351 e. The number of hydrogen-bond donors (Lipinski definition) is 2. The van der Waals surface area contributed by atoms with Gasteiger partial charge in [0.15, 0.2) is 5.11 Å². The molecule has 0 spiro atoms. The second-order valence-electron chi connectivity index (χ2n) is 8.77. The van der Waals surface area contributed by atoms with Gasteiger partial charge in [-0.15, -0.1) is 0 Å². The summed E-state index contributed by atoms with van der Waals surface area (Å²) < 4.78 is 28.2. The van der Waals surface area contributed by atoms with Crippen LogP contribution < -0.4 is 14.9 Å². The summed E-state index contributed by atoms with van der Waals surface area (Å²) >= 11 is 18.6. The molecule has 11 heteroatoms. The maximum absolute atomic E-state index is 11.8. The second kappa shape index (κ2) is 9.98. The normalized spacial score (nSPS) is 17.6. The van der Waals surface area contributed by atoms with Crippen molar-refractivity contribution in [1.29, 1.82) is 0 Å². The van der Waals surface area contributed by atoms with Crippen molar-refractivity contribution in [2.45, 2.75) is 19.0 Å². The van der Waals surface area contributed by atoms with E-state index < -0.39 is 10.0 Å². The Balaban J connectivity index is 1.65. The van der Waals surface area contributed by atoms with E-state index in [-0.39, 0.29) is 12.1 Å². The van der Waals surface area contributed by atoms with Gasteiger partial charge in [0, 0.05) is 28.8 Å². The van der Waals surface area contributed by atoms with Crippen molar-refractivity contribution < 1.29 is 8.42 Å². The number of nitrogens with zero attached hydrogens (tertiary/aromatic N) is 3. The summed E-state index contributed by atoms with van der Waals surface area (Å²) in [6.45, 7) is 1.85. The van der Waals surface area contributed by atoms with Crippen LogP contribution in [-0.2, 0) is 10.0 Å². The lowest BCUT2D eigenvalue weighted by molar-refractivity contribution is 0.549. The lowest BCUT2D eigenvalue weighted by Crippen LogP contribution is -2.30. The zero-order valence-electron chi connectivity index (χ0n) is 19.9. The van der Waals surface area contributed by atoms with E-state index in [4.69, 9.17) is 35.4 Å². The van der Waals surface area contributed by atoms with Gasteiger partial charge in [0.2, 0.25) is 10.0 Å². The molecule has 0 unspecified atom stereocenters. The third-order valence-corrected chi connectivity index (χ3v) is 7.58. The van der Waals surface area contributed by atoms with E-state index in [0.29, 0.717) is 20.8 Å². The quantitative estimate of drug-likeness (QED) is 0.275. The summed E-state index contributed by atoms with van der Waals surface area (Å²) in [6.07, 6.45) is 4.83. The van der Waals surface area contributed by atoms with Crippen molar-refractivity contribution >= 4 is 61.9 Å². The molecule has 1 aliphatic heterocycles. The van der Waals surface area contributed by atoms with E-state index >= 15 is 0 Å². The van der Waals surface area contributed by atoms with Gasteiger partial charge in [0.05, 0.1) is 34.4 Å². The Morgan fingerprint density at radius 2 is 1.86 bits per heavy atom. The smallest absolute Gasteiger partial charge is 0.229 e. The Labute approximate surface area is 231 Å². The number of rotatable bonds is 6. The first-order valence-corrected chi connectivity index (χ1v) is 14.4. The minimum atomic E-state index is -3.41. The molecule has 1 saturated heterocycles. The summed E-state index contributed by atoms with van der Waals surface area (Å²) in [7, 11) is -3.41. The fourth-order valence-electron chi connectivity index (χ4n) is 4.58. The van der Waals surface area contributed by atoms with Crippen LogP contribution in [0.2, 0.25) is 10.0 Å². The molecule has 3 heterocycles. The Hall–Kier alpha value is -3.11. The van der Waals surface area contributed by atoms with Gasteiger partial charge >= 0.3 is 0 Å². The summed E-state index contributed by atoms with van der Waals surface area (Å²) in [5.41, 5.74) is 4.64. The second-order valence-corrected chi connectivity index (χ2v) is 11.7. The highest BCUT2D eigenvalue weighted by Gasteiger charge is 2.42. The van der Waals surface area contributed by atoms with Crippen LogP contribution >= 0.6 is 35.4 Å². The molecule has 1 aliphatic rings. The average molecular weight is 573 g/mol. The number of pyridine rings is 1. The first kappa shape index (κ1) is 25.5. The number of halogens is 2. The number of nitrogens with one attached hydrogen (secondary N) is 2. The lowest BCUT2D eigenvalue weighted by atomic mass is 10.0. The first-order chi connectivity index (χ1) is 17.6. The maximum Gasteiger partial charge on any atom is 0.229 e. The zero-order valence-corrected chi connectivity index (χ0v) is 23.0. The third-order valence-electron chi connectivity index (χ3n) is 6.13. The molecule has 190 valence electrons. The van der Waals surface area contributed by atoms with Crippen molar-refractivity contribution in [3.05, 3.63) is 106 Å². The molecule has 1 fully saturated rings. The highest BCUT2D eigenvalue weighted by Crippen LogP contribution is 2.43. The number of aryl methyl sites for hydroxylation is 1. The van der Waals surface area contributed by atoms with E-state index in [1.165, 1.54) is 0 Å². The van der Waals surface area contributed by atoms with Crippen LogP contribution in [0, 0.1) is 6.92 Å². The van der Waals surface area contributed by atoms with Crippen molar-refractivity contribution in [3.8, 4) is 5.69 Å². The molecule has 7 nitrogen and oxygen atoms in total. The van der Waals surface area contributed by atoms with Crippen molar-refractivity contribution in [3.63, 3.8) is 0 Å². The molecule has 2 atom stereocenters. The average Bonchev–Trinajstić information content (AvgIpc) is 3.44. The van der Waals surface area contributed by atoms with Crippen LogP contribution in [0.4, 0.5) is 11.4 Å². The number of aromatic nitrogens is 2. The molecular formula is C26H23Cl2N5O2S2. The number of benzene rings is 2. The van der Waals surface area contributed by atoms with Gasteiger partial charge < -0.3 is 14.8 Å². The number of sulfonamides is 1. The zero-order chi connectivity index (χ0) is 26.3. The number of hydrogen-bond acceptors (Lipinski definition) is 4. The molecule has 0 radical (unpaired) electrons. The topological polar surface area (TPSA) is 79.3 Å². The van der Waals surface area contributed by atoms with Crippen LogP contribution in [-0.4, -0.2) is 29.3 Å². The van der Waals surface area contributed by atoms with E-state index in [2.05, 4.69) is 15.0 Å². The van der Waals surface area contributed by atoms with E-state index in [1.54, 1.807) is 24.4 Å². The lowest BCUT2D eigenvalue weighted by Gasteiger charge is -2.29. The molecule has 5 rings (SSSR count). The molecule has 0 bridgehead atoms. The predicted octanol–water partition coefficient (Wildman–Crippen LogP) is 6.04. The van der Waals surface area contributed by atoms with Gasteiger partial charge in [0.1, 0.15) is 6.04 Å². The van der Waals surface area contributed by atoms with E-state index in [0.717, 1.165) is 34.6 Å². The summed E-state index contributed by atoms with van der Waals surface area (Å²) in [5, 5.41) is 5.05. The molecule has 4 aromatic rings. The molecular weight excluding hydrogens is 549 g/mol. The fourth-order valence-corrected chi connectivity index (χ4v) is 6.05. The Bertz CT molecular complexity index is 1590. The fraction of sp³-hybridized carbons (Fsp3) is 0.154. The van der Waals surface area contributed by atoms with Crippen LogP contribution in [0.25, 0.3) is 5.69 Å². The maximum atomic E-state index is 11.8. The Morgan fingerprint density at radius 3 is 2.54 bits per heavy atom. The molecule has 2 aromatic carbocycles. The van der Waals surface area contributed by atoms with Crippen LogP contribution in [0.5, 0.6) is 0 Å². The molecule has 37 heavy (non-hydrogen) atoms. The highest BCUT2D eigenvalue weighted by atomic mass is 35.5. The Morgan fingerprint density at radius 1 is 1.05 bits per heavy atom. The van der Waals surface area contributed by atoms with Gasteiger partial charge in [-0.1, -0.05) is 29.3 Å². The van der Waals surface area contributed by atoms with E-state index in [1.807, 2.05) is 71.1 Å². The Kier molecular flexibility index (Phi) is 6.89. The summed E-state index contributed by atoms with van der Waals surface area (Å²) in [5.74, 6) is 0. The molecule has 0 saturated carbocycles. The van der Waals surface area contributed by atoms with Gasteiger partial charge in [0.25, 0.3) is 0 Å². The number of thiocarbonyl (C=S) groups is 1. The highest BCUT2D eigenvalue weighted by molar-refractivity contribution is 7.92. The minimum absolute atomic E-state index is 0.262. The number of anilines is 2.